The number of nitrogens with two attached hydrogens (primary N) is 1. The molecule has 0 aromatic carbocycles. The van der Waals surface area contributed by atoms with Crippen molar-refractivity contribution in [1.29, 1.82) is 0 Å². The quantitative estimate of drug-likeness (QED) is 0.659. The minimum atomic E-state index is -0.651. The van der Waals surface area contributed by atoms with Gasteiger partial charge in [-0.25, -0.2) is 9.98 Å². The summed E-state index contributed by atoms with van der Waals surface area (Å²) in [7, 11) is 0. The fourth-order valence-electron chi connectivity index (χ4n) is 2.01. The van der Waals surface area contributed by atoms with Crippen molar-refractivity contribution in [3.05, 3.63) is 0 Å². The highest BCUT2D eigenvalue weighted by Crippen LogP contribution is 2.22. The first-order chi connectivity index (χ1) is 9.31. The lowest BCUT2D eigenvalue weighted by Crippen LogP contribution is -2.43. The second-order valence-electron chi connectivity index (χ2n) is 5.47. The second-order valence-corrected chi connectivity index (χ2v) is 5.47. The summed E-state index contributed by atoms with van der Waals surface area (Å²) in [5.41, 5.74) is 5.90. The van der Waals surface area contributed by atoms with E-state index in [1.54, 1.807) is 0 Å². The van der Waals surface area contributed by atoms with Crippen LogP contribution >= 0.6 is 0 Å². The van der Waals surface area contributed by atoms with Gasteiger partial charge in [0.2, 0.25) is 0 Å². The van der Waals surface area contributed by atoms with Crippen LogP contribution in [0.15, 0.2) is 20.0 Å². The van der Waals surface area contributed by atoms with Gasteiger partial charge in [0.1, 0.15) is 29.6 Å². The summed E-state index contributed by atoms with van der Waals surface area (Å²) in [5, 5.41) is 18.6. The average molecular weight is 280 g/mol. The number of amidine groups is 4. The number of rotatable bonds is 3. The van der Waals surface area contributed by atoms with E-state index < -0.39 is 12.1 Å². The highest BCUT2D eigenvalue weighted by Gasteiger charge is 2.39. The second kappa shape index (κ2) is 5.29. The van der Waals surface area contributed by atoms with E-state index in [2.05, 4.69) is 20.0 Å². The van der Waals surface area contributed by atoms with E-state index in [0.717, 1.165) is 0 Å². The Bertz CT molecular complexity index is 518. The molecule has 4 N–H and O–H groups in total. The third kappa shape index (κ3) is 2.56. The lowest BCUT2D eigenvalue weighted by Gasteiger charge is -2.18. The lowest BCUT2D eigenvalue weighted by atomic mass is 10.1. The molecule has 2 aliphatic rings. The molecule has 0 fully saturated rings. The van der Waals surface area contributed by atoms with Crippen LogP contribution in [0.25, 0.3) is 0 Å². The van der Waals surface area contributed by atoms with Crippen LogP contribution in [0.1, 0.15) is 27.7 Å². The molecule has 8 heteroatoms. The summed E-state index contributed by atoms with van der Waals surface area (Å²) in [4.78, 5) is 17.2. The minimum Gasteiger partial charge on any atom is -0.385 e. The van der Waals surface area contributed by atoms with E-state index >= 15 is 0 Å². The Hall–Kier alpha value is -1.80. The molecule has 0 saturated carbocycles. The van der Waals surface area contributed by atoms with Crippen LogP contribution < -0.4 is 5.73 Å². The number of hydrogen-bond acceptors (Lipinski definition) is 8. The molecule has 2 unspecified atom stereocenters. The van der Waals surface area contributed by atoms with Gasteiger partial charge in [-0.3, -0.25) is 20.4 Å². The van der Waals surface area contributed by atoms with Crippen LogP contribution in [0, 0.1) is 11.8 Å². The topological polar surface area (TPSA) is 119 Å². The van der Waals surface area contributed by atoms with Crippen LogP contribution in [-0.2, 0) is 0 Å². The van der Waals surface area contributed by atoms with Crippen LogP contribution in [0.4, 0.5) is 0 Å². The Morgan fingerprint density at radius 3 is 1.90 bits per heavy atom. The Morgan fingerprint density at radius 2 is 1.45 bits per heavy atom. The SMILES string of the molecule is CC(C)C1=NC(C2N=C(C(C)C)N=C2N(O)O)C(N)=N1. The molecule has 0 aromatic rings. The molecule has 8 nitrogen and oxygen atoms in total. The highest BCUT2D eigenvalue weighted by atomic mass is 16.8. The first kappa shape index (κ1) is 14.6. The van der Waals surface area contributed by atoms with Crippen molar-refractivity contribution in [2.45, 2.75) is 39.8 Å². The van der Waals surface area contributed by atoms with Gasteiger partial charge in [0.25, 0.3) is 0 Å². The van der Waals surface area contributed by atoms with Crippen molar-refractivity contribution in [2.75, 3.05) is 0 Å². The van der Waals surface area contributed by atoms with E-state index in [1.807, 2.05) is 27.7 Å². The van der Waals surface area contributed by atoms with E-state index in [-0.39, 0.29) is 22.9 Å². The molecule has 2 aliphatic heterocycles. The van der Waals surface area contributed by atoms with Crippen molar-refractivity contribution >= 4 is 23.3 Å². The molecule has 0 bridgehead atoms. The molecule has 20 heavy (non-hydrogen) atoms. The fraction of sp³-hybridized carbons (Fsp3) is 0.667. The van der Waals surface area contributed by atoms with E-state index in [0.29, 0.717) is 17.5 Å². The Morgan fingerprint density at radius 1 is 0.950 bits per heavy atom. The van der Waals surface area contributed by atoms with Gasteiger partial charge in [-0.2, -0.15) is 0 Å². The Kier molecular flexibility index (Phi) is 3.87. The van der Waals surface area contributed by atoms with Gasteiger partial charge in [0, 0.05) is 11.8 Å². The monoisotopic (exact) mass is 280 g/mol. The van der Waals surface area contributed by atoms with Crippen molar-refractivity contribution < 1.29 is 10.4 Å². The van der Waals surface area contributed by atoms with Crippen LogP contribution in [-0.4, -0.2) is 51.1 Å². The maximum Gasteiger partial charge on any atom is 0.188 e. The predicted octanol–water partition coefficient (Wildman–Crippen LogP) is 0.696. The number of nitrogens with zero attached hydrogens (tertiary/aromatic N) is 5. The smallest absolute Gasteiger partial charge is 0.188 e. The lowest BCUT2D eigenvalue weighted by molar-refractivity contribution is -0.246. The Labute approximate surface area is 117 Å². The summed E-state index contributed by atoms with van der Waals surface area (Å²) >= 11 is 0. The van der Waals surface area contributed by atoms with Crippen LogP contribution in [0.2, 0.25) is 0 Å². The van der Waals surface area contributed by atoms with Crippen molar-refractivity contribution in [1.82, 2.24) is 5.23 Å². The third-order valence-electron chi connectivity index (χ3n) is 3.12. The summed E-state index contributed by atoms with van der Waals surface area (Å²) in [6, 6.07) is -1.19. The third-order valence-corrected chi connectivity index (χ3v) is 3.12. The first-order valence-corrected chi connectivity index (χ1v) is 6.57. The van der Waals surface area contributed by atoms with Crippen molar-refractivity contribution in [3.8, 4) is 0 Å². The van der Waals surface area contributed by atoms with Gasteiger partial charge in [-0.15, -0.1) is 5.23 Å². The standard InChI is InChI=1S/C12H20N6O2/c1-5(2)10-14-7(9(13)16-10)8-12(18(19)20)17-11(15-8)6(3)4/h5-8,19-20H,1-4H3,(H2,13,14,16). The summed E-state index contributed by atoms with van der Waals surface area (Å²) in [5.74, 6) is 1.74. The molecule has 0 spiro atoms. The van der Waals surface area contributed by atoms with Gasteiger partial charge >= 0.3 is 0 Å². The van der Waals surface area contributed by atoms with E-state index in [9.17, 15) is 10.4 Å². The first-order valence-electron chi connectivity index (χ1n) is 6.57. The molecule has 0 aromatic heterocycles. The van der Waals surface area contributed by atoms with Gasteiger partial charge in [0.05, 0.1) is 0 Å². The largest absolute Gasteiger partial charge is 0.385 e. The number of hydrogen-bond donors (Lipinski definition) is 3. The molecule has 0 amide bonds. The molecule has 0 saturated heterocycles. The highest BCUT2D eigenvalue weighted by molar-refractivity contribution is 6.11. The predicted molar refractivity (Wildman–Crippen MR) is 76.6 cm³/mol. The van der Waals surface area contributed by atoms with E-state index in [1.165, 1.54) is 0 Å². The molecule has 2 atom stereocenters. The zero-order valence-corrected chi connectivity index (χ0v) is 12.0. The van der Waals surface area contributed by atoms with Gasteiger partial charge < -0.3 is 5.73 Å². The summed E-state index contributed by atoms with van der Waals surface area (Å²) in [6.45, 7) is 7.79. The summed E-state index contributed by atoms with van der Waals surface area (Å²) < 4.78 is 0. The molecular formula is C12H20N6O2. The van der Waals surface area contributed by atoms with Gasteiger partial charge in [-0.1, -0.05) is 27.7 Å². The maximum atomic E-state index is 9.30. The Balaban J connectivity index is 2.33. The van der Waals surface area contributed by atoms with E-state index in [4.69, 9.17) is 5.73 Å². The molecule has 0 aliphatic carbocycles. The zero-order chi connectivity index (χ0) is 15.0. The van der Waals surface area contributed by atoms with Crippen molar-refractivity contribution in [3.63, 3.8) is 0 Å². The van der Waals surface area contributed by atoms with Gasteiger partial charge in [-0.05, 0) is 0 Å². The molecule has 2 heterocycles. The summed E-state index contributed by atoms with van der Waals surface area (Å²) in [6.07, 6.45) is 0. The van der Waals surface area contributed by atoms with Crippen LogP contribution in [0.3, 0.4) is 0 Å². The maximum absolute atomic E-state index is 9.30. The van der Waals surface area contributed by atoms with Crippen molar-refractivity contribution in [2.24, 2.45) is 37.5 Å². The molecule has 110 valence electrons. The van der Waals surface area contributed by atoms with Crippen LogP contribution in [0.5, 0.6) is 0 Å². The molecule has 0 radical (unpaired) electrons. The fourth-order valence-corrected chi connectivity index (χ4v) is 2.01. The number of aliphatic imine (C=N–C) groups is 4. The molecule has 2 rings (SSSR count). The number of hydroxylamine groups is 2. The zero-order valence-electron chi connectivity index (χ0n) is 12.0. The normalized spacial score (nSPS) is 25.8. The minimum absolute atomic E-state index is 0.0142. The van der Waals surface area contributed by atoms with Gasteiger partial charge in [0.15, 0.2) is 5.84 Å². The average Bonchev–Trinajstić information content (AvgIpc) is 2.91. The molecular weight excluding hydrogens is 260 g/mol.